The molecule has 108 valence electrons. The van der Waals surface area contributed by atoms with Gasteiger partial charge in [-0.1, -0.05) is 20.8 Å². The minimum absolute atomic E-state index is 0.0342. The molecule has 19 heavy (non-hydrogen) atoms. The molecule has 0 aliphatic carbocycles. The molecule has 0 radical (unpaired) electrons. The maximum atomic E-state index is 11.9. The van der Waals surface area contributed by atoms with Gasteiger partial charge in [-0.2, -0.15) is 0 Å². The molecule has 2 atom stereocenters. The highest BCUT2D eigenvalue weighted by molar-refractivity contribution is 7.91. The van der Waals surface area contributed by atoms with Crippen LogP contribution in [-0.2, 0) is 14.8 Å². The molecule has 0 spiro atoms. The van der Waals surface area contributed by atoms with Crippen molar-refractivity contribution >= 4 is 27.3 Å². The first-order valence-corrected chi connectivity index (χ1v) is 8.42. The van der Waals surface area contributed by atoms with E-state index in [0.717, 1.165) is 16.2 Å². The van der Waals surface area contributed by atoms with E-state index < -0.39 is 10.0 Å². The summed E-state index contributed by atoms with van der Waals surface area (Å²) in [5, 5.41) is 7.93. The Balaban J connectivity index is 2.77. The molecule has 0 aromatic carbocycles. The second-order valence-corrected chi connectivity index (χ2v) is 7.87. The van der Waals surface area contributed by atoms with Crippen LogP contribution in [-0.4, -0.2) is 14.3 Å². The third-order valence-corrected chi connectivity index (χ3v) is 5.79. The molecular weight excluding hydrogens is 284 g/mol. The maximum Gasteiger partial charge on any atom is 0.247 e. The summed E-state index contributed by atoms with van der Waals surface area (Å²) >= 11 is 1.08. The fourth-order valence-corrected chi connectivity index (χ4v) is 3.19. The predicted octanol–water partition coefficient (Wildman–Crippen LogP) is 1.86. The average molecular weight is 304 g/mol. The number of primary sulfonamides is 1. The van der Waals surface area contributed by atoms with Gasteiger partial charge in [-0.25, -0.2) is 13.6 Å². The normalized spacial score (nSPS) is 15.3. The van der Waals surface area contributed by atoms with Crippen LogP contribution < -0.4 is 10.5 Å². The zero-order valence-corrected chi connectivity index (χ0v) is 13.1. The molecular formula is C12H20N2O3S2. The number of sulfonamides is 1. The van der Waals surface area contributed by atoms with E-state index >= 15 is 0 Å². The van der Waals surface area contributed by atoms with Crippen LogP contribution in [0.3, 0.4) is 0 Å². The van der Waals surface area contributed by atoms with Gasteiger partial charge in [-0.05, 0) is 25.0 Å². The summed E-state index contributed by atoms with van der Waals surface area (Å²) in [6.45, 7) is 7.67. The molecule has 1 heterocycles. The fourth-order valence-electron chi connectivity index (χ4n) is 1.44. The molecule has 1 aromatic heterocycles. The van der Waals surface area contributed by atoms with Gasteiger partial charge >= 0.3 is 0 Å². The van der Waals surface area contributed by atoms with E-state index in [9.17, 15) is 13.2 Å². The molecule has 0 saturated heterocycles. The number of amides is 1. The highest BCUT2D eigenvalue weighted by Crippen LogP contribution is 2.26. The van der Waals surface area contributed by atoms with Crippen LogP contribution in [0.15, 0.2) is 16.3 Å². The lowest BCUT2D eigenvalue weighted by molar-refractivity contribution is -0.126. The number of carbonyl (C=O) groups is 1. The Labute approximate surface area is 118 Å². The third-order valence-electron chi connectivity index (χ3n) is 3.08. The van der Waals surface area contributed by atoms with Crippen molar-refractivity contribution in [3.8, 4) is 0 Å². The minimum Gasteiger partial charge on any atom is -0.349 e. The van der Waals surface area contributed by atoms with E-state index in [0.29, 0.717) is 0 Å². The first-order valence-electron chi connectivity index (χ1n) is 6.05. The third kappa shape index (κ3) is 4.29. The molecule has 5 nitrogen and oxygen atoms in total. The molecule has 3 N–H and O–H groups in total. The zero-order chi connectivity index (χ0) is 14.8. The quantitative estimate of drug-likeness (QED) is 0.870. The molecule has 0 bridgehead atoms. The van der Waals surface area contributed by atoms with Gasteiger partial charge in [0.1, 0.15) is 4.21 Å². The first kappa shape index (κ1) is 16.1. The van der Waals surface area contributed by atoms with Gasteiger partial charge in [0.25, 0.3) is 0 Å². The lowest BCUT2D eigenvalue weighted by atomic mass is 9.97. The first-order chi connectivity index (χ1) is 8.62. The van der Waals surface area contributed by atoms with E-state index in [-0.39, 0.29) is 28.0 Å². The number of rotatable bonds is 5. The summed E-state index contributed by atoms with van der Waals surface area (Å²) in [6, 6.07) is 2.91. The average Bonchev–Trinajstić information content (AvgIpc) is 2.76. The molecule has 7 heteroatoms. The van der Waals surface area contributed by atoms with E-state index in [4.69, 9.17) is 5.14 Å². The van der Waals surface area contributed by atoms with Crippen molar-refractivity contribution in [1.29, 1.82) is 0 Å². The van der Waals surface area contributed by atoms with Crippen LogP contribution in [0.25, 0.3) is 0 Å². The Morgan fingerprint density at radius 3 is 2.26 bits per heavy atom. The van der Waals surface area contributed by atoms with Gasteiger partial charge in [0.05, 0.1) is 6.04 Å². The molecule has 2 unspecified atom stereocenters. The molecule has 0 aliphatic rings. The lowest BCUT2D eigenvalue weighted by Crippen LogP contribution is -2.33. The van der Waals surface area contributed by atoms with Gasteiger partial charge in [0.2, 0.25) is 15.9 Å². The van der Waals surface area contributed by atoms with Crippen LogP contribution in [0, 0.1) is 11.8 Å². The van der Waals surface area contributed by atoms with Crippen molar-refractivity contribution in [2.45, 2.75) is 37.9 Å². The summed E-state index contributed by atoms with van der Waals surface area (Å²) < 4.78 is 22.5. The zero-order valence-electron chi connectivity index (χ0n) is 11.5. The highest BCUT2D eigenvalue weighted by atomic mass is 32.2. The van der Waals surface area contributed by atoms with Crippen LogP contribution >= 0.6 is 11.3 Å². The fraction of sp³-hybridized carbons (Fsp3) is 0.583. The molecule has 0 fully saturated rings. The van der Waals surface area contributed by atoms with Gasteiger partial charge in [-0.3, -0.25) is 4.79 Å². The van der Waals surface area contributed by atoms with Gasteiger partial charge in [0.15, 0.2) is 0 Å². The van der Waals surface area contributed by atoms with E-state index in [2.05, 4.69) is 5.32 Å². The monoisotopic (exact) mass is 304 g/mol. The van der Waals surface area contributed by atoms with Crippen LogP contribution in [0.4, 0.5) is 0 Å². The van der Waals surface area contributed by atoms with E-state index in [1.807, 2.05) is 27.7 Å². The summed E-state index contributed by atoms with van der Waals surface area (Å²) in [7, 11) is -3.67. The van der Waals surface area contributed by atoms with Crippen molar-refractivity contribution in [1.82, 2.24) is 5.32 Å². The van der Waals surface area contributed by atoms with Crippen molar-refractivity contribution in [2.24, 2.45) is 17.0 Å². The molecule has 1 aromatic rings. The molecule has 0 saturated carbocycles. The van der Waals surface area contributed by atoms with Crippen molar-refractivity contribution in [3.05, 3.63) is 17.0 Å². The van der Waals surface area contributed by atoms with Gasteiger partial charge in [-0.15, -0.1) is 11.3 Å². The van der Waals surface area contributed by atoms with Crippen molar-refractivity contribution < 1.29 is 13.2 Å². The Morgan fingerprint density at radius 2 is 1.84 bits per heavy atom. The second kappa shape index (κ2) is 6.02. The number of hydrogen-bond acceptors (Lipinski definition) is 4. The SMILES string of the molecule is CC(NC(=O)C(C)C(C)C)c1ccc(S(N)(=O)=O)s1. The Kier molecular flexibility index (Phi) is 5.11. The molecule has 1 rings (SSSR count). The summed E-state index contributed by atoms with van der Waals surface area (Å²) in [5.74, 6) is 0.142. The maximum absolute atomic E-state index is 11.9. The Bertz CT molecular complexity index is 549. The number of nitrogens with one attached hydrogen (secondary N) is 1. The number of nitrogens with two attached hydrogens (primary N) is 1. The van der Waals surface area contributed by atoms with Crippen molar-refractivity contribution in [2.75, 3.05) is 0 Å². The summed E-state index contributed by atoms with van der Waals surface area (Å²) in [5.41, 5.74) is 0. The van der Waals surface area contributed by atoms with Crippen LogP contribution in [0.2, 0.25) is 0 Å². The van der Waals surface area contributed by atoms with Crippen LogP contribution in [0.5, 0.6) is 0 Å². The van der Waals surface area contributed by atoms with Gasteiger partial charge < -0.3 is 5.32 Å². The van der Waals surface area contributed by atoms with E-state index in [1.165, 1.54) is 6.07 Å². The minimum atomic E-state index is -3.67. The van der Waals surface area contributed by atoms with Crippen LogP contribution in [0.1, 0.15) is 38.6 Å². The summed E-state index contributed by atoms with van der Waals surface area (Å²) in [6.07, 6.45) is 0. The Hall–Kier alpha value is -0.920. The molecule has 0 aliphatic heterocycles. The lowest BCUT2D eigenvalue weighted by Gasteiger charge is -2.18. The largest absolute Gasteiger partial charge is 0.349 e. The highest BCUT2D eigenvalue weighted by Gasteiger charge is 2.20. The standard InChI is InChI=1S/C12H20N2O3S2/c1-7(2)8(3)12(15)14-9(4)10-5-6-11(18-10)19(13,16)17/h5-9H,1-4H3,(H,14,15)(H2,13,16,17). The van der Waals surface area contributed by atoms with E-state index in [1.54, 1.807) is 6.07 Å². The number of carbonyl (C=O) groups excluding carboxylic acids is 1. The Morgan fingerprint density at radius 1 is 1.26 bits per heavy atom. The van der Waals surface area contributed by atoms with Crippen molar-refractivity contribution in [3.63, 3.8) is 0 Å². The topological polar surface area (TPSA) is 89.3 Å². The second-order valence-electron chi connectivity index (χ2n) is 4.96. The predicted molar refractivity (Wildman–Crippen MR) is 76.3 cm³/mol. The summed E-state index contributed by atoms with van der Waals surface area (Å²) in [4.78, 5) is 12.7. The molecule has 1 amide bonds. The number of hydrogen-bond donors (Lipinski definition) is 2. The smallest absolute Gasteiger partial charge is 0.247 e. The number of thiophene rings is 1. The van der Waals surface area contributed by atoms with Gasteiger partial charge in [0, 0.05) is 10.8 Å².